The molecule has 3 N–H and O–H groups in total. The number of thiazole rings is 1. The molecule has 4 rings (SSSR count). The van der Waals surface area contributed by atoms with E-state index < -0.39 is 41.4 Å². The van der Waals surface area contributed by atoms with Gasteiger partial charge in [0.05, 0.1) is 22.0 Å². The summed E-state index contributed by atoms with van der Waals surface area (Å²) in [6.45, 7) is 0. The van der Waals surface area contributed by atoms with E-state index in [1.54, 1.807) is 0 Å². The van der Waals surface area contributed by atoms with Crippen molar-refractivity contribution in [3.63, 3.8) is 0 Å². The number of halogens is 4. The molecule has 2 amide bonds. The van der Waals surface area contributed by atoms with E-state index in [0.717, 1.165) is 35.6 Å². The van der Waals surface area contributed by atoms with E-state index in [1.165, 1.54) is 24.4 Å². The van der Waals surface area contributed by atoms with Gasteiger partial charge in [-0.3, -0.25) is 9.59 Å². The highest BCUT2D eigenvalue weighted by Crippen LogP contribution is 2.37. The molecule has 12 heteroatoms. The van der Waals surface area contributed by atoms with E-state index >= 15 is 0 Å². The molecule has 2 aromatic carbocycles. The molecule has 7 nitrogen and oxygen atoms in total. The lowest BCUT2D eigenvalue weighted by Crippen LogP contribution is -2.25. The van der Waals surface area contributed by atoms with Gasteiger partial charge in [0.2, 0.25) is 0 Å². The second-order valence-corrected chi connectivity index (χ2v) is 9.26. The monoisotopic (exact) mass is 521 g/mol. The van der Waals surface area contributed by atoms with Crippen molar-refractivity contribution in [3.05, 3.63) is 65.0 Å². The number of nitrogens with one attached hydrogen (secondary N) is 2. The number of carbonyl (C=O) groups is 3. The summed E-state index contributed by atoms with van der Waals surface area (Å²) >= 11 is 1.02. The lowest BCUT2D eigenvalue weighted by Gasteiger charge is -2.12. The molecule has 188 valence electrons. The summed E-state index contributed by atoms with van der Waals surface area (Å²) in [7, 11) is 0. The Kier molecular flexibility index (Phi) is 7.07. The molecule has 0 aliphatic heterocycles. The average molecular weight is 521 g/mol. The fourth-order valence-corrected chi connectivity index (χ4v) is 4.99. The average Bonchev–Trinajstić information content (AvgIpc) is 3.50. The summed E-state index contributed by atoms with van der Waals surface area (Å²) in [6.07, 6.45) is -1.63. The fraction of sp³-hybridized carbons (Fsp3) is 0.250. The number of rotatable bonds is 6. The van der Waals surface area contributed by atoms with Crippen molar-refractivity contribution in [1.82, 2.24) is 4.98 Å². The number of hydrogen-bond donors (Lipinski definition) is 3. The molecule has 0 unspecified atom stereocenters. The number of carbonyl (C=O) groups excluding carboxylic acids is 2. The minimum absolute atomic E-state index is 0.117. The third-order valence-corrected chi connectivity index (χ3v) is 6.90. The van der Waals surface area contributed by atoms with Crippen LogP contribution in [0.5, 0.6) is 0 Å². The van der Waals surface area contributed by atoms with Crippen LogP contribution in [0.4, 0.5) is 33.7 Å². The van der Waals surface area contributed by atoms with Crippen molar-refractivity contribution in [1.29, 1.82) is 0 Å². The molecule has 1 fully saturated rings. The molecule has 0 radical (unpaired) electrons. The number of urea groups is 1. The Labute approximate surface area is 206 Å². The second-order valence-electron chi connectivity index (χ2n) is 8.23. The molecule has 1 aliphatic carbocycles. The lowest BCUT2D eigenvalue weighted by atomic mass is 9.92. The first-order chi connectivity index (χ1) is 17.0. The summed E-state index contributed by atoms with van der Waals surface area (Å²) in [5.74, 6) is -3.55. The number of carboxylic acids is 1. The van der Waals surface area contributed by atoms with Gasteiger partial charge < -0.3 is 15.7 Å². The molecule has 1 heterocycles. The van der Waals surface area contributed by atoms with Gasteiger partial charge in [0.1, 0.15) is 5.82 Å². The maximum absolute atomic E-state index is 14.7. The minimum atomic E-state index is -4.58. The van der Waals surface area contributed by atoms with E-state index in [9.17, 15) is 37.1 Å². The standard InChI is InChI=1S/C24H19F4N3O4S/c25-17-9-12(19-11-29-21(36-19)20(32)15-5-2-6-16(15)22(33)34)7-8-18(17)31-23(35)30-14-4-1-3-13(10-14)24(26,27)28/h1,3-4,7-11,15-16H,2,5-6H2,(H,33,34)(H2,30,31,35)/t15-,16-/m1/s1. The van der Waals surface area contributed by atoms with Gasteiger partial charge >= 0.3 is 18.2 Å². The Morgan fingerprint density at radius 3 is 2.47 bits per heavy atom. The zero-order valence-electron chi connectivity index (χ0n) is 18.4. The van der Waals surface area contributed by atoms with Crippen molar-refractivity contribution < 1.29 is 37.1 Å². The van der Waals surface area contributed by atoms with Crippen molar-refractivity contribution >= 4 is 40.5 Å². The van der Waals surface area contributed by atoms with Crippen LogP contribution < -0.4 is 10.6 Å². The Morgan fingerprint density at radius 2 is 1.78 bits per heavy atom. The number of alkyl halides is 3. The SMILES string of the molecule is O=C(Nc1cccc(C(F)(F)F)c1)Nc1ccc(-c2cnc(C(=O)[C@@H]3CCC[C@H]3C(=O)O)s2)cc1F. The van der Waals surface area contributed by atoms with Crippen molar-refractivity contribution in [3.8, 4) is 10.4 Å². The first-order valence-corrected chi connectivity index (χ1v) is 11.6. The fourth-order valence-electron chi connectivity index (χ4n) is 4.08. The number of aliphatic carboxylic acids is 1. The number of Topliss-reactive ketones (excluding diaryl/α,β-unsaturated/α-hetero) is 1. The predicted molar refractivity (Wildman–Crippen MR) is 124 cm³/mol. The van der Waals surface area contributed by atoms with Gasteiger partial charge in [0, 0.05) is 17.8 Å². The molecule has 0 saturated heterocycles. The van der Waals surface area contributed by atoms with Crippen LogP contribution in [-0.4, -0.2) is 27.9 Å². The summed E-state index contributed by atoms with van der Waals surface area (Å²) < 4.78 is 53.2. The molecular weight excluding hydrogens is 502 g/mol. The minimum Gasteiger partial charge on any atom is -0.481 e. The quantitative estimate of drug-likeness (QED) is 0.261. The van der Waals surface area contributed by atoms with Gasteiger partial charge in [-0.15, -0.1) is 11.3 Å². The molecule has 2 atom stereocenters. The molecule has 3 aromatic rings. The first kappa shape index (κ1) is 25.3. The molecular formula is C24H19F4N3O4S. The molecule has 1 aromatic heterocycles. The van der Waals surface area contributed by atoms with Gasteiger partial charge in [-0.05, 0) is 48.7 Å². The van der Waals surface area contributed by atoms with Gasteiger partial charge in [0.15, 0.2) is 10.8 Å². The summed E-state index contributed by atoms with van der Waals surface area (Å²) in [5, 5.41) is 13.9. The number of hydrogen-bond acceptors (Lipinski definition) is 5. The Bertz CT molecular complexity index is 1320. The van der Waals surface area contributed by atoms with Gasteiger partial charge in [-0.1, -0.05) is 18.6 Å². The number of aromatic nitrogens is 1. The van der Waals surface area contributed by atoms with Gasteiger partial charge in [-0.2, -0.15) is 13.2 Å². The second kappa shape index (κ2) is 10.1. The van der Waals surface area contributed by atoms with Crippen LogP contribution >= 0.6 is 11.3 Å². The van der Waals surface area contributed by atoms with Crippen LogP contribution in [0, 0.1) is 17.7 Å². The summed E-state index contributed by atoms with van der Waals surface area (Å²) in [4.78, 5) is 40.9. The van der Waals surface area contributed by atoms with E-state index in [-0.39, 0.29) is 22.2 Å². The Morgan fingerprint density at radius 1 is 1.03 bits per heavy atom. The topological polar surface area (TPSA) is 108 Å². The number of nitrogens with zero attached hydrogens (tertiary/aromatic N) is 1. The van der Waals surface area contributed by atoms with E-state index in [4.69, 9.17) is 0 Å². The van der Waals surface area contributed by atoms with E-state index in [2.05, 4.69) is 15.6 Å². The predicted octanol–water partition coefficient (Wildman–Crippen LogP) is 6.30. The van der Waals surface area contributed by atoms with Gasteiger partial charge in [-0.25, -0.2) is 14.2 Å². The smallest absolute Gasteiger partial charge is 0.416 e. The van der Waals surface area contributed by atoms with E-state index in [1.807, 2.05) is 0 Å². The third kappa shape index (κ3) is 5.54. The zero-order chi connectivity index (χ0) is 26.0. The largest absolute Gasteiger partial charge is 0.481 e. The highest BCUT2D eigenvalue weighted by atomic mass is 32.1. The molecule has 0 bridgehead atoms. The summed E-state index contributed by atoms with van der Waals surface area (Å²) in [6, 6.07) is 6.96. The van der Waals surface area contributed by atoms with E-state index in [0.29, 0.717) is 29.7 Å². The Balaban J connectivity index is 1.44. The van der Waals surface area contributed by atoms with Crippen LogP contribution in [0.15, 0.2) is 48.7 Å². The molecule has 1 saturated carbocycles. The van der Waals surface area contributed by atoms with Crippen LogP contribution in [0.2, 0.25) is 0 Å². The molecule has 0 spiro atoms. The summed E-state index contributed by atoms with van der Waals surface area (Å²) in [5.41, 5.74) is -0.883. The molecule has 1 aliphatic rings. The number of amides is 2. The number of ketones is 1. The zero-order valence-corrected chi connectivity index (χ0v) is 19.3. The highest BCUT2D eigenvalue weighted by molar-refractivity contribution is 7.17. The molecule has 36 heavy (non-hydrogen) atoms. The first-order valence-electron chi connectivity index (χ1n) is 10.8. The van der Waals surface area contributed by atoms with Crippen LogP contribution in [0.1, 0.15) is 34.6 Å². The lowest BCUT2D eigenvalue weighted by molar-refractivity contribution is -0.142. The maximum Gasteiger partial charge on any atom is 0.416 e. The van der Waals surface area contributed by atoms with Crippen LogP contribution in [0.25, 0.3) is 10.4 Å². The number of benzene rings is 2. The number of carboxylic acid groups (broad SMARTS) is 1. The van der Waals surface area contributed by atoms with Crippen molar-refractivity contribution in [2.24, 2.45) is 11.8 Å². The van der Waals surface area contributed by atoms with Crippen molar-refractivity contribution in [2.75, 3.05) is 10.6 Å². The van der Waals surface area contributed by atoms with Gasteiger partial charge in [0.25, 0.3) is 0 Å². The van der Waals surface area contributed by atoms with Crippen LogP contribution in [0.3, 0.4) is 0 Å². The normalized spacial score (nSPS) is 17.6. The Hall–Kier alpha value is -3.80. The van der Waals surface area contributed by atoms with Crippen LogP contribution in [-0.2, 0) is 11.0 Å². The maximum atomic E-state index is 14.7. The van der Waals surface area contributed by atoms with Crippen molar-refractivity contribution in [2.45, 2.75) is 25.4 Å². The number of anilines is 2. The highest BCUT2D eigenvalue weighted by Gasteiger charge is 2.39. The third-order valence-electron chi connectivity index (χ3n) is 5.84.